The SMILES string of the molecule is CNC(=O)ON1C(=O)c2ccccc2C1=O. The van der Waals surface area contributed by atoms with E-state index in [1.165, 1.54) is 19.2 Å². The van der Waals surface area contributed by atoms with Gasteiger partial charge in [0.15, 0.2) is 0 Å². The van der Waals surface area contributed by atoms with Crippen molar-refractivity contribution in [1.29, 1.82) is 0 Å². The molecule has 0 radical (unpaired) electrons. The molecule has 3 amide bonds. The first-order chi connectivity index (χ1) is 7.65. The topological polar surface area (TPSA) is 75.7 Å². The molecule has 82 valence electrons. The molecule has 1 aromatic rings. The van der Waals surface area contributed by atoms with E-state index in [0.29, 0.717) is 5.06 Å². The third-order valence-electron chi connectivity index (χ3n) is 2.14. The minimum absolute atomic E-state index is 0.233. The summed E-state index contributed by atoms with van der Waals surface area (Å²) in [6.45, 7) is 0. The van der Waals surface area contributed by atoms with Crippen LogP contribution >= 0.6 is 0 Å². The van der Waals surface area contributed by atoms with Crippen LogP contribution in [0.2, 0.25) is 0 Å². The van der Waals surface area contributed by atoms with Crippen molar-refractivity contribution in [3.8, 4) is 0 Å². The molecule has 1 heterocycles. The first-order valence-corrected chi connectivity index (χ1v) is 4.52. The molecule has 6 nitrogen and oxygen atoms in total. The summed E-state index contributed by atoms with van der Waals surface area (Å²) < 4.78 is 0. The van der Waals surface area contributed by atoms with Gasteiger partial charge in [-0.1, -0.05) is 17.2 Å². The second kappa shape index (κ2) is 3.65. The van der Waals surface area contributed by atoms with Gasteiger partial charge in [-0.2, -0.15) is 0 Å². The van der Waals surface area contributed by atoms with E-state index < -0.39 is 17.9 Å². The van der Waals surface area contributed by atoms with Gasteiger partial charge in [-0.05, 0) is 12.1 Å². The molecule has 0 atom stereocenters. The summed E-state index contributed by atoms with van der Waals surface area (Å²) in [6, 6.07) is 6.27. The molecule has 1 aliphatic rings. The Balaban J connectivity index is 2.32. The zero-order chi connectivity index (χ0) is 11.7. The lowest BCUT2D eigenvalue weighted by atomic mass is 10.1. The number of hydroxylamine groups is 2. The number of nitrogens with zero attached hydrogens (tertiary/aromatic N) is 1. The third kappa shape index (κ3) is 1.40. The lowest BCUT2D eigenvalue weighted by molar-refractivity contribution is -0.0442. The van der Waals surface area contributed by atoms with Crippen LogP contribution in [0.4, 0.5) is 4.79 Å². The summed E-state index contributed by atoms with van der Waals surface area (Å²) >= 11 is 0. The van der Waals surface area contributed by atoms with Gasteiger partial charge in [0.2, 0.25) is 0 Å². The lowest BCUT2D eigenvalue weighted by Gasteiger charge is -2.11. The lowest BCUT2D eigenvalue weighted by Crippen LogP contribution is -2.36. The minimum Gasteiger partial charge on any atom is -0.323 e. The van der Waals surface area contributed by atoms with Crippen LogP contribution in [0.1, 0.15) is 20.7 Å². The molecule has 0 aliphatic carbocycles. The molecule has 0 bridgehead atoms. The van der Waals surface area contributed by atoms with Gasteiger partial charge >= 0.3 is 6.09 Å². The summed E-state index contributed by atoms with van der Waals surface area (Å²) in [5, 5.41) is 2.60. The Labute approximate surface area is 90.7 Å². The molecule has 0 fully saturated rings. The third-order valence-corrected chi connectivity index (χ3v) is 2.14. The van der Waals surface area contributed by atoms with Crippen molar-refractivity contribution in [3.63, 3.8) is 0 Å². The van der Waals surface area contributed by atoms with Crippen LogP contribution in [0.5, 0.6) is 0 Å². The molecule has 0 aromatic heterocycles. The normalized spacial score (nSPS) is 13.7. The molecule has 1 aromatic carbocycles. The zero-order valence-corrected chi connectivity index (χ0v) is 8.39. The Hall–Kier alpha value is -2.37. The fraction of sp³-hybridized carbons (Fsp3) is 0.100. The maximum Gasteiger partial charge on any atom is 0.431 e. The van der Waals surface area contributed by atoms with Crippen LogP contribution in [-0.2, 0) is 4.84 Å². The highest BCUT2D eigenvalue weighted by atomic mass is 16.7. The Morgan fingerprint density at radius 2 is 1.69 bits per heavy atom. The molecule has 0 saturated carbocycles. The van der Waals surface area contributed by atoms with Gasteiger partial charge in [-0.25, -0.2) is 4.79 Å². The molecule has 0 spiro atoms. The standard InChI is InChI=1S/C10H8N2O4/c1-11-10(15)16-12-8(13)6-4-2-3-5-7(6)9(12)14/h2-5H,1H3,(H,11,15). The number of hydrogen-bond acceptors (Lipinski definition) is 4. The quantitative estimate of drug-likeness (QED) is 0.701. The average Bonchev–Trinajstić information content (AvgIpc) is 2.55. The maximum absolute atomic E-state index is 11.7. The number of rotatable bonds is 1. The Bertz CT molecular complexity index is 448. The number of fused-ring (bicyclic) bond motifs is 1. The molecule has 0 saturated heterocycles. The summed E-state index contributed by atoms with van der Waals surface area (Å²) in [4.78, 5) is 38.8. The van der Waals surface area contributed by atoms with Gasteiger partial charge in [0.1, 0.15) is 0 Å². The van der Waals surface area contributed by atoms with Crippen LogP contribution in [0.3, 0.4) is 0 Å². The van der Waals surface area contributed by atoms with Crippen molar-refractivity contribution in [2.24, 2.45) is 0 Å². The van der Waals surface area contributed by atoms with Crippen LogP contribution in [0.25, 0.3) is 0 Å². The molecule has 2 rings (SSSR count). The first kappa shape index (κ1) is 10.2. The predicted molar refractivity (Wildman–Crippen MR) is 52.5 cm³/mol. The number of amides is 3. The monoisotopic (exact) mass is 220 g/mol. The summed E-state index contributed by atoms with van der Waals surface area (Å²) in [6.07, 6.45) is -0.866. The molecule has 1 N–H and O–H groups in total. The number of imide groups is 1. The van der Waals surface area contributed by atoms with Crippen molar-refractivity contribution in [2.75, 3.05) is 7.05 Å². The van der Waals surface area contributed by atoms with Crippen LogP contribution in [-0.4, -0.2) is 30.0 Å². The van der Waals surface area contributed by atoms with Gasteiger partial charge in [-0.3, -0.25) is 9.59 Å². The fourth-order valence-corrected chi connectivity index (χ4v) is 1.38. The largest absolute Gasteiger partial charge is 0.431 e. The van der Waals surface area contributed by atoms with E-state index in [2.05, 4.69) is 10.2 Å². The predicted octanol–water partition coefficient (Wildman–Crippen LogP) is 0.554. The summed E-state index contributed by atoms with van der Waals surface area (Å²) in [5.41, 5.74) is 0.466. The highest BCUT2D eigenvalue weighted by Crippen LogP contribution is 2.22. The van der Waals surface area contributed by atoms with Crippen molar-refractivity contribution in [2.45, 2.75) is 0 Å². The number of carbonyl (C=O) groups excluding carboxylic acids is 3. The van der Waals surface area contributed by atoms with Crippen LogP contribution in [0, 0.1) is 0 Å². The number of benzene rings is 1. The number of nitrogens with one attached hydrogen (secondary N) is 1. The Kier molecular flexibility index (Phi) is 2.32. The van der Waals surface area contributed by atoms with Crippen molar-refractivity contribution >= 4 is 17.9 Å². The first-order valence-electron chi connectivity index (χ1n) is 4.52. The number of carbonyl (C=O) groups is 3. The van der Waals surface area contributed by atoms with Gasteiger partial charge in [0, 0.05) is 7.05 Å². The minimum atomic E-state index is -0.866. The van der Waals surface area contributed by atoms with E-state index in [4.69, 9.17) is 0 Å². The van der Waals surface area contributed by atoms with Gasteiger partial charge in [-0.15, -0.1) is 0 Å². The highest BCUT2D eigenvalue weighted by molar-refractivity contribution is 6.20. The second-order valence-corrected chi connectivity index (χ2v) is 3.08. The van der Waals surface area contributed by atoms with Crippen molar-refractivity contribution in [3.05, 3.63) is 35.4 Å². The Morgan fingerprint density at radius 3 is 2.12 bits per heavy atom. The molecule has 1 aliphatic heterocycles. The smallest absolute Gasteiger partial charge is 0.323 e. The molecule has 0 unspecified atom stereocenters. The van der Waals surface area contributed by atoms with Gasteiger partial charge in [0.25, 0.3) is 11.8 Å². The van der Waals surface area contributed by atoms with Crippen molar-refractivity contribution < 1.29 is 19.2 Å². The molecular formula is C10H8N2O4. The van der Waals surface area contributed by atoms with Crippen LogP contribution in [0.15, 0.2) is 24.3 Å². The van der Waals surface area contributed by atoms with E-state index in [-0.39, 0.29) is 11.1 Å². The molecular weight excluding hydrogens is 212 g/mol. The fourth-order valence-electron chi connectivity index (χ4n) is 1.38. The molecule has 6 heteroatoms. The zero-order valence-electron chi connectivity index (χ0n) is 8.39. The van der Waals surface area contributed by atoms with Crippen LogP contribution < -0.4 is 5.32 Å². The van der Waals surface area contributed by atoms with E-state index in [0.717, 1.165) is 0 Å². The van der Waals surface area contributed by atoms with E-state index in [1.807, 2.05) is 0 Å². The average molecular weight is 220 g/mol. The Morgan fingerprint density at radius 1 is 1.19 bits per heavy atom. The summed E-state index contributed by atoms with van der Waals surface area (Å²) in [7, 11) is 1.33. The highest BCUT2D eigenvalue weighted by Gasteiger charge is 2.38. The van der Waals surface area contributed by atoms with Crippen molar-refractivity contribution in [1.82, 2.24) is 10.4 Å². The second-order valence-electron chi connectivity index (χ2n) is 3.08. The number of hydrogen-bond donors (Lipinski definition) is 1. The van der Waals surface area contributed by atoms with E-state index >= 15 is 0 Å². The molecule has 16 heavy (non-hydrogen) atoms. The van der Waals surface area contributed by atoms with E-state index in [9.17, 15) is 14.4 Å². The van der Waals surface area contributed by atoms with Gasteiger partial charge in [0.05, 0.1) is 11.1 Å². The van der Waals surface area contributed by atoms with Gasteiger partial charge < -0.3 is 10.2 Å². The summed E-state index contributed by atoms with van der Waals surface area (Å²) in [5.74, 6) is -1.27. The maximum atomic E-state index is 11.7. The van der Waals surface area contributed by atoms with E-state index in [1.54, 1.807) is 12.1 Å².